The van der Waals surface area contributed by atoms with Crippen LogP contribution in [0.5, 0.6) is 0 Å². The second kappa shape index (κ2) is 7.06. The van der Waals surface area contributed by atoms with E-state index in [-0.39, 0.29) is 12.0 Å². The number of aliphatic hydroxyl groups is 1. The molecule has 122 valence electrons. The molecule has 0 aliphatic carbocycles. The van der Waals surface area contributed by atoms with Gasteiger partial charge in [-0.25, -0.2) is 0 Å². The molecule has 1 atom stereocenters. The maximum absolute atomic E-state index is 12.8. The molecule has 0 unspecified atom stereocenters. The maximum Gasteiger partial charge on any atom is 0.256 e. The molecule has 0 radical (unpaired) electrons. The summed E-state index contributed by atoms with van der Waals surface area (Å²) in [6.07, 6.45) is 2.21. The molecule has 0 saturated carbocycles. The Morgan fingerprint density at radius 1 is 1.22 bits per heavy atom. The fourth-order valence-corrected chi connectivity index (χ4v) is 3.01. The van der Waals surface area contributed by atoms with Crippen LogP contribution in [0.15, 0.2) is 36.5 Å². The molecule has 2 aromatic rings. The zero-order chi connectivity index (χ0) is 16.2. The number of carbonyl (C=O) groups is 1. The van der Waals surface area contributed by atoms with Crippen LogP contribution in [-0.2, 0) is 0 Å². The van der Waals surface area contributed by atoms with Crippen LogP contribution in [0.2, 0.25) is 0 Å². The van der Waals surface area contributed by atoms with E-state index in [1.165, 1.54) is 0 Å². The van der Waals surface area contributed by atoms with Gasteiger partial charge in [0.05, 0.1) is 17.2 Å². The minimum atomic E-state index is -0.278. The Morgan fingerprint density at radius 3 is 2.70 bits per heavy atom. The Hall–Kier alpha value is -1.98. The second-order valence-electron chi connectivity index (χ2n) is 6.04. The predicted molar refractivity (Wildman–Crippen MR) is 90.4 cm³/mol. The molecular formula is C18H23N3O2. The van der Waals surface area contributed by atoms with Crippen LogP contribution in [0.3, 0.4) is 0 Å². The highest BCUT2D eigenvalue weighted by molar-refractivity contribution is 6.05. The van der Waals surface area contributed by atoms with Gasteiger partial charge >= 0.3 is 0 Å². The van der Waals surface area contributed by atoms with E-state index in [1.807, 2.05) is 42.2 Å². The van der Waals surface area contributed by atoms with Gasteiger partial charge in [0.2, 0.25) is 0 Å². The van der Waals surface area contributed by atoms with Crippen molar-refractivity contribution in [3.8, 4) is 0 Å². The van der Waals surface area contributed by atoms with Gasteiger partial charge < -0.3 is 10.0 Å². The lowest BCUT2D eigenvalue weighted by Crippen LogP contribution is -2.50. The summed E-state index contributed by atoms with van der Waals surface area (Å²) in [4.78, 5) is 21.3. The van der Waals surface area contributed by atoms with Gasteiger partial charge in [-0.1, -0.05) is 25.1 Å². The smallest absolute Gasteiger partial charge is 0.256 e. The van der Waals surface area contributed by atoms with Gasteiger partial charge in [-0.15, -0.1) is 0 Å². The molecule has 0 bridgehead atoms. The van der Waals surface area contributed by atoms with Gasteiger partial charge in [0.25, 0.3) is 5.91 Å². The van der Waals surface area contributed by atoms with Crippen molar-refractivity contribution in [1.82, 2.24) is 14.8 Å². The molecule has 1 aliphatic rings. The van der Waals surface area contributed by atoms with E-state index in [4.69, 9.17) is 0 Å². The first-order valence-electron chi connectivity index (χ1n) is 8.22. The average molecular weight is 313 g/mol. The van der Waals surface area contributed by atoms with Gasteiger partial charge in [-0.2, -0.15) is 0 Å². The molecule has 1 fully saturated rings. The molecule has 1 amide bonds. The van der Waals surface area contributed by atoms with Crippen LogP contribution in [-0.4, -0.2) is 64.6 Å². The molecule has 2 heterocycles. The molecule has 5 nitrogen and oxygen atoms in total. The Labute approximate surface area is 136 Å². The topological polar surface area (TPSA) is 56.7 Å². The number of β-amino-alcohol motifs (C(OH)–C–C–N with tert-alkyl or cyclic N) is 1. The number of fused-ring (bicyclic) bond motifs is 1. The molecule has 1 aliphatic heterocycles. The van der Waals surface area contributed by atoms with Crippen molar-refractivity contribution < 1.29 is 9.90 Å². The number of aliphatic hydroxyl groups excluding tert-OH is 1. The molecule has 1 N–H and O–H groups in total. The number of carbonyl (C=O) groups excluding carboxylic acids is 1. The highest BCUT2D eigenvalue weighted by Gasteiger charge is 2.24. The molecule has 3 rings (SSSR count). The number of pyridine rings is 1. The summed E-state index contributed by atoms with van der Waals surface area (Å²) >= 11 is 0. The van der Waals surface area contributed by atoms with Crippen molar-refractivity contribution in [3.05, 3.63) is 42.1 Å². The molecule has 1 saturated heterocycles. The number of benzene rings is 1. The van der Waals surface area contributed by atoms with Crippen molar-refractivity contribution in [2.75, 3.05) is 32.7 Å². The minimum absolute atomic E-state index is 0.0463. The molecule has 5 heteroatoms. The van der Waals surface area contributed by atoms with E-state index in [0.29, 0.717) is 25.2 Å². The first-order chi connectivity index (χ1) is 11.2. The van der Waals surface area contributed by atoms with Crippen LogP contribution in [0, 0.1) is 0 Å². The summed E-state index contributed by atoms with van der Waals surface area (Å²) in [6.45, 7) is 5.67. The van der Waals surface area contributed by atoms with Crippen LogP contribution in [0.1, 0.15) is 23.7 Å². The lowest BCUT2D eigenvalue weighted by molar-refractivity contribution is 0.0525. The first kappa shape index (κ1) is 15.9. The monoisotopic (exact) mass is 313 g/mol. The van der Waals surface area contributed by atoms with Gasteiger partial charge in [-0.3, -0.25) is 14.7 Å². The van der Waals surface area contributed by atoms with Crippen LogP contribution < -0.4 is 0 Å². The van der Waals surface area contributed by atoms with Crippen molar-refractivity contribution in [1.29, 1.82) is 0 Å². The first-order valence-corrected chi connectivity index (χ1v) is 8.22. The normalized spacial score (nSPS) is 17.4. The molecular weight excluding hydrogens is 290 g/mol. The molecule has 23 heavy (non-hydrogen) atoms. The number of amides is 1. The third-order valence-corrected chi connectivity index (χ3v) is 4.46. The highest BCUT2D eigenvalue weighted by atomic mass is 16.3. The summed E-state index contributed by atoms with van der Waals surface area (Å²) in [5.74, 6) is 0.0463. The number of rotatable bonds is 4. The molecule has 1 aromatic carbocycles. The van der Waals surface area contributed by atoms with Crippen molar-refractivity contribution in [3.63, 3.8) is 0 Å². The average Bonchev–Trinajstić information content (AvgIpc) is 2.61. The highest BCUT2D eigenvalue weighted by Crippen LogP contribution is 2.18. The largest absolute Gasteiger partial charge is 0.392 e. The quantitative estimate of drug-likeness (QED) is 0.934. The number of hydrogen-bond acceptors (Lipinski definition) is 4. The Balaban J connectivity index is 1.70. The SMILES string of the molecule is CC[C@H](O)CN1CCN(C(=O)c2cccc3cccnc23)CC1. The maximum atomic E-state index is 12.8. The minimum Gasteiger partial charge on any atom is -0.392 e. The third kappa shape index (κ3) is 3.51. The van der Waals surface area contributed by atoms with E-state index in [2.05, 4.69) is 9.88 Å². The number of nitrogens with zero attached hydrogens (tertiary/aromatic N) is 3. The van der Waals surface area contributed by atoms with E-state index in [0.717, 1.165) is 30.4 Å². The van der Waals surface area contributed by atoms with Gasteiger partial charge in [0.1, 0.15) is 0 Å². The van der Waals surface area contributed by atoms with E-state index in [9.17, 15) is 9.90 Å². The number of hydrogen-bond donors (Lipinski definition) is 1. The van der Waals surface area contributed by atoms with Crippen molar-refractivity contribution in [2.45, 2.75) is 19.4 Å². The van der Waals surface area contributed by atoms with Crippen molar-refractivity contribution in [2.24, 2.45) is 0 Å². The lowest BCUT2D eigenvalue weighted by atomic mass is 10.1. The van der Waals surface area contributed by atoms with Crippen molar-refractivity contribution >= 4 is 16.8 Å². The summed E-state index contributed by atoms with van der Waals surface area (Å²) < 4.78 is 0. The fourth-order valence-electron chi connectivity index (χ4n) is 3.01. The Bertz CT molecular complexity index is 676. The van der Waals surface area contributed by atoms with Gasteiger partial charge in [0, 0.05) is 44.3 Å². The summed E-state index contributed by atoms with van der Waals surface area (Å²) in [7, 11) is 0. The summed E-state index contributed by atoms with van der Waals surface area (Å²) in [5.41, 5.74) is 1.44. The zero-order valence-electron chi connectivity index (χ0n) is 13.5. The van der Waals surface area contributed by atoms with Gasteiger partial charge in [0.15, 0.2) is 0 Å². The number of aromatic nitrogens is 1. The Kier molecular flexibility index (Phi) is 4.88. The number of piperazine rings is 1. The zero-order valence-corrected chi connectivity index (χ0v) is 13.5. The second-order valence-corrected chi connectivity index (χ2v) is 6.04. The van der Waals surface area contributed by atoms with Gasteiger partial charge in [-0.05, 0) is 18.6 Å². The Morgan fingerprint density at radius 2 is 1.96 bits per heavy atom. The summed E-state index contributed by atoms with van der Waals surface area (Å²) in [6, 6.07) is 9.59. The van der Waals surface area contributed by atoms with Crippen LogP contribution in [0.4, 0.5) is 0 Å². The number of para-hydroxylation sites is 1. The standard InChI is InChI=1S/C18H23N3O2/c1-2-15(22)13-20-9-11-21(12-10-20)18(23)16-7-3-5-14-6-4-8-19-17(14)16/h3-8,15,22H,2,9-13H2,1H3/t15-/m0/s1. The predicted octanol–water partition coefficient (Wildman–Crippen LogP) is 1.76. The van der Waals surface area contributed by atoms with Crippen LogP contribution >= 0.6 is 0 Å². The fraction of sp³-hybridized carbons (Fsp3) is 0.444. The van der Waals surface area contributed by atoms with E-state index in [1.54, 1.807) is 6.20 Å². The third-order valence-electron chi connectivity index (χ3n) is 4.46. The molecule has 0 spiro atoms. The molecule has 1 aromatic heterocycles. The van der Waals surface area contributed by atoms with Crippen LogP contribution in [0.25, 0.3) is 10.9 Å². The lowest BCUT2D eigenvalue weighted by Gasteiger charge is -2.35. The van der Waals surface area contributed by atoms with E-state index < -0.39 is 0 Å². The summed E-state index contributed by atoms with van der Waals surface area (Å²) in [5, 5.41) is 10.7. The van der Waals surface area contributed by atoms with E-state index >= 15 is 0 Å².